The van der Waals surface area contributed by atoms with Crippen LogP contribution in [-0.2, 0) is 6.42 Å². The topological polar surface area (TPSA) is 12.4 Å². The Bertz CT molecular complexity index is 553. The molecule has 0 unspecified atom stereocenters. The van der Waals surface area contributed by atoms with Gasteiger partial charge in [0, 0.05) is 11.2 Å². The first kappa shape index (κ1) is 13.6. The van der Waals surface area contributed by atoms with Crippen molar-refractivity contribution in [2.45, 2.75) is 12.8 Å². The fourth-order valence-corrected chi connectivity index (χ4v) is 1.84. The van der Waals surface area contributed by atoms with Crippen LogP contribution >= 0.6 is 11.6 Å². The molecule has 0 fully saturated rings. The summed E-state index contributed by atoms with van der Waals surface area (Å²) in [5, 5.41) is 0.727. The van der Waals surface area contributed by atoms with Gasteiger partial charge in [0.05, 0.1) is 5.69 Å². The molecule has 0 aromatic heterocycles. The first-order chi connectivity index (χ1) is 9.28. The van der Waals surface area contributed by atoms with Gasteiger partial charge in [-0.2, -0.15) is 0 Å². The molecule has 0 radical (unpaired) electrons. The average Bonchev–Trinajstić information content (AvgIpc) is 2.46. The Labute approximate surface area is 119 Å². The van der Waals surface area contributed by atoms with Crippen molar-refractivity contribution in [2.24, 2.45) is 4.99 Å². The summed E-state index contributed by atoms with van der Waals surface area (Å²) in [6, 6.07) is 15.9. The zero-order chi connectivity index (χ0) is 13.5. The molecule has 2 aromatic carbocycles. The number of halogens is 1. The van der Waals surface area contributed by atoms with Gasteiger partial charge in [0.15, 0.2) is 0 Å². The van der Waals surface area contributed by atoms with Crippen LogP contribution in [0.5, 0.6) is 0 Å². The third kappa shape index (κ3) is 4.38. The van der Waals surface area contributed by atoms with Gasteiger partial charge in [0.1, 0.15) is 0 Å². The molecule has 96 valence electrons. The van der Waals surface area contributed by atoms with Gasteiger partial charge in [-0.1, -0.05) is 41.9 Å². The molecule has 0 aliphatic carbocycles. The second-order valence-corrected chi connectivity index (χ2v) is 4.74. The van der Waals surface area contributed by atoms with Crippen molar-refractivity contribution in [3.05, 3.63) is 77.3 Å². The molecule has 0 saturated carbocycles. The predicted octanol–water partition coefficient (Wildman–Crippen LogP) is 5.21. The van der Waals surface area contributed by atoms with Gasteiger partial charge >= 0.3 is 0 Å². The largest absolute Gasteiger partial charge is 0.256 e. The monoisotopic (exact) mass is 269 g/mol. The van der Waals surface area contributed by atoms with Crippen LogP contribution in [0.2, 0.25) is 5.02 Å². The Hall–Kier alpha value is -1.86. The highest BCUT2D eigenvalue weighted by Crippen LogP contribution is 2.16. The van der Waals surface area contributed by atoms with Crippen LogP contribution in [0.3, 0.4) is 0 Å². The van der Waals surface area contributed by atoms with Crippen LogP contribution in [0.1, 0.15) is 17.5 Å². The van der Waals surface area contributed by atoms with Crippen molar-refractivity contribution in [2.75, 3.05) is 0 Å². The molecule has 19 heavy (non-hydrogen) atoms. The van der Waals surface area contributed by atoms with E-state index in [0.29, 0.717) is 0 Å². The number of rotatable bonds is 5. The van der Waals surface area contributed by atoms with Crippen molar-refractivity contribution in [1.82, 2.24) is 0 Å². The van der Waals surface area contributed by atoms with Crippen LogP contribution in [-0.4, -0.2) is 6.21 Å². The van der Waals surface area contributed by atoms with E-state index < -0.39 is 0 Å². The lowest BCUT2D eigenvalue weighted by Crippen LogP contribution is -1.85. The minimum Gasteiger partial charge on any atom is -0.256 e. The summed E-state index contributed by atoms with van der Waals surface area (Å²) in [6.07, 6.45) is 5.85. The van der Waals surface area contributed by atoms with Crippen molar-refractivity contribution in [3.63, 3.8) is 0 Å². The summed E-state index contributed by atoms with van der Waals surface area (Å²) in [5.74, 6) is 0. The lowest BCUT2D eigenvalue weighted by molar-refractivity contribution is 1.00. The Balaban J connectivity index is 2.02. The summed E-state index contributed by atoms with van der Waals surface area (Å²) in [6.45, 7) is 3.73. The minimum atomic E-state index is 0.727. The molecule has 0 amide bonds. The zero-order valence-corrected chi connectivity index (χ0v) is 11.5. The summed E-state index contributed by atoms with van der Waals surface area (Å²) >= 11 is 5.83. The van der Waals surface area contributed by atoms with Crippen LogP contribution in [0, 0.1) is 0 Å². The Morgan fingerprint density at radius 2 is 1.68 bits per heavy atom. The molecule has 0 N–H and O–H groups in total. The lowest BCUT2D eigenvalue weighted by Gasteiger charge is -1.99. The van der Waals surface area contributed by atoms with Gasteiger partial charge in [-0.25, -0.2) is 0 Å². The molecule has 0 atom stereocenters. The van der Waals surface area contributed by atoms with Crippen LogP contribution in [0.4, 0.5) is 5.69 Å². The van der Waals surface area contributed by atoms with Gasteiger partial charge in [-0.3, -0.25) is 4.99 Å². The van der Waals surface area contributed by atoms with Crippen LogP contribution < -0.4 is 0 Å². The standard InChI is InChI=1S/C17H16ClN/c1-2-3-4-14-5-7-15(8-6-14)13-19-17-11-9-16(18)10-12-17/h2,5-13H,1,3-4H2. The van der Waals surface area contributed by atoms with E-state index in [-0.39, 0.29) is 0 Å². The Kier molecular flexibility index (Phi) is 4.93. The van der Waals surface area contributed by atoms with E-state index in [1.165, 1.54) is 5.56 Å². The third-order valence-electron chi connectivity index (χ3n) is 2.81. The average molecular weight is 270 g/mol. The molecule has 2 heteroatoms. The molecule has 0 heterocycles. The summed E-state index contributed by atoms with van der Waals surface area (Å²) in [7, 11) is 0. The first-order valence-corrected chi connectivity index (χ1v) is 6.65. The van der Waals surface area contributed by atoms with Gasteiger partial charge in [-0.15, -0.1) is 6.58 Å². The minimum absolute atomic E-state index is 0.727. The first-order valence-electron chi connectivity index (χ1n) is 6.27. The van der Waals surface area contributed by atoms with Crippen LogP contribution in [0.25, 0.3) is 0 Å². The van der Waals surface area contributed by atoms with Crippen molar-refractivity contribution in [1.29, 1.82) is 0 Å². The maximum Gasteiger partial charge on any atom is 0.0630 e. The van der Waals surface area contributed by atoms with E-state index in [4.69, 9.17) is 11.6 Å². The van der Waals surface area contributed by atoms with E-state index in [1.807, 2.05) is 36.6 Å². The Morgan fingerprint density at radius 3 is 2.32 bits per heavy atom. The number of hydrogen-bond donors (Lipinski definition) is 0. The van der Waals surface area contributed by atoms with Gasteiger partial charge in [0.2, 0.25) is 0 Å². The van der Waals surface area contributed by atoms with E-state index >= 15 is 0 Å². The molecule has 1 nitrogen and oxygen atoms in total. The smallest absolute Gasteiger partial charge is 0.0630 e. The van der Waals surface area contributed by atoms with Crippen LogP contribution in [0.15, 0.2) is 66.2 Å². The number of aliphatic imine (C=N–C) groups is 1. The second kappa shape index (κ2) is 6.91. The summed E-state index contributed by atoms with van der Waals surface area (Å²) in [5.41, 5.74) is 3.32. The maximum absolute atomic E-state index is 5.83. The zero-order valence-electron chi connectivity index (χ0n) is 10.7. The highest BCUT2D eigenvalue weighted by Gasteiger charge is 1.93. The molecule has 0 spiro atoms. The van der Waals surface area contributed by atoms with E-state index in [9.17, 15) is 0 Å². The molecular formula is C17H16ClN. The molecular weight excluding hydrogens is 254 g/mol. The van der Waals surface area contributed by atoms with E-state index in [2.05, 4.69) is 35.8 Å². The lowest BCUT2D eigenvalue weighted by atomic mass is 10.1. The van der Waals surface area contributed by atoms with E-state index in [0.717, 1.165) is 29.1 Å². The van der Waals surface area contributed by atoms with Crippen molar-refractivity contribution >= 4 is 23.5 Å². The normalized spacial score (nSPS) is 10.8. The second-order valence-electron chi connectivity index (χ2n) is 4.30. The van der Waals surface area contributed by atoms with Crippen molar-refractivity contribution < 1.29 is 0 Å². The number of allylic oxidation sites excluding steroid dienone is 1. The molecule has 0 saturated heterocycles. The fourth-order valence-electron chi connectivity index (χ4n) is 1.72. The predicted molar refractivity (Wildman–Crippen MR) is 83.7 cm³/mol. The third-order valence-corrected chi connectivity index (χ3v) is 3.06. The highest BCUT2D eigenvalue weighted by molar-refractivity contribution is 6.30. The van der Waals surface area contributed by atoms with Crippen molar-refractivity contribution in [3.8, 4) is 0 Å². The highest BCUT2D eigenvalue weighted by atomic mass is 35.5. The molecule has 2 rings (SSSR count). The molecule has 2 aromatic rings. The van der Waals surface area contributed by atoms with E-state index in [1.54, 1.807) is 0 Å². The fraction of sp³-hybridized carbons (Fsp3) is 0.118. The molecule has 0 aliphatic rings. The Morgan fingerprint density at radius 1 is 1.00 bits per heavy atom. The van der Waals surface area contributed by atoms with Gasteiger partial charge in [-0.05, 0) is 48.2 Å². The number of nitrogens with zero attached hydrogens (tertiary/aromatic N) is 1. The molecule has 0 bridgehead atoms. The number of benzene rings is 2. The van der Waals surface area contributed by atoms with Gasteiger partial charge in [0.25, 0.3) is 0 Å². The number of hydrogen-bond acceptors (Lipinski definition) is 1. The summed E-state index contributed by atoms with van der Waals surface area (Å²) in [4.78, 5) is 4.41. The number of aryl methyl sites for hydroxylation is 1. The van der Waals surface area contributed by atoms with Gasteiger partial charge < -0.3 is 0 Å². The molecule has 0 aliphatic heterocycles. The maximum atomic E-state index is 5.83. The summed E-state index contributed by atoms with van der Waals surface area (Å²) < 4.78 is 0. The SMILES string of the molecule is C=CCCc1ccc(C=Nc2ccc(Cl)cc2)cc1. The quantitative estimate of drug-likeness (QED) is 0.522.